The molecule has 1 aliphatic rings. The topological polar surface area (TPSA) is 29.3 Å². The fraction of sp³-hybridized carbons (Fsp3) is 1.00. The van der Waals surface area contributed by atoms with Gasteiger partial charge in [0.25, 0.3) is 0 Å². The van der Waals surface area contributed by atoms with Crippen molar-refractivity contribution in [2.24, 2.45) is 17.1 Å². The highest BCUT2D eigenvalue weighted by atomic mass is 15.1. The molecule has 66 valence electrons. The van der Waals surface area contributed by atoms with Gasteiger partial charge >= 0.3 is 0 Å². The predicted molar refractivity (Wildman–Crippen MR) is 48.4 cm³/mol. The first kappa shape index (κ1) is 9.01. The molecule has 1 heterocycles. The predicted octanol–water partition coefficient (Wildman–Crippen LogP) is 0.923. The summed E-state index contributed by atoms with van der Waals surface area (Å²) in [6.07, 6.45) is 1.28. The van der Waals surface area contributed by atoms with Gasteiger partial charge in [-0.1, -0.05) is 13.8 Å². The van der Waals surface area contributed by atoms with Crippen LogP contribution in [0.1, 0.15) is 20.3 Å². The number of rotatable bonds is 2. The van der Waals surface area contributed by atoms with Crippen LogP contribution in [0.25, 0.3) is 0 Å². The van der Waals surface area contributed by atoms with Gasteiger partial charge in [-0.15, -0.1) is 0 Å². The van der Waals surface area contributed by atoms with Crippen molar-refractivity contribution in [3.05, 3.63) is 0 Å². The molecule has 2 N–H and O–H groups in total. The summed E-state index contributed by atoms with van der Waals surface area (Å²) in [6, 6.07) is 0. The van der Waals surface area contributed by atoms with Gasteiger partial charge in [-0.3, -0.25) is 0 Å². The molecule has 0 saturated carbocycles. The highest BCUT2D eigenvalue weighted by Crippen LogP contribution is 2.35. The van der Waals surface area contributed by atoms with E-state index >= 15 is 0 Å². The molecule has 0 aromatic carbocycles. The summed E-state index contributed by atoms with van der Waals surface area (Å²) in [5.41, 5.74) is 6.22. The molecular weight excluding hydrogens is 136 g/mol. The Morgan fingerprint density at radius 1 is 1.55 bits per heavy atom. The minimum atomic E-state index is 0.411. The van der Waals surface area contributed by atoms with Crippen LogP contribution in [0.3, 0.4) is 0 Å². The van der Waals surface area contributed by atoms with Crippen LogP contribution in [0.4, 0.5) is 0 Å². The Bertz CT molecular complexity index is 134. The van der Waals surface area contributed by atoms with Crippen LogP contribution in [-0.4, -0.2) is 31.6 Å². The molecule has 1 rings (SSSR count). The zero-order chi connectivity index (χ0) is 8.48. The Labute approximate surface area is 69.8 Å². The fourth-order valence-electron chi connectivity index (χ4n) is 1.98. The van der Waals surface area contributed by atoms with E-state index in [4.69, 9.17) is 5.73 Å². The molecule has 0 aromatic rings. The lowest BCUT2D eigenvalue weighted by Crippen LogP contribution is -2.37. The maximum Gasteiger partial charge on any atom is 0.00500 e. The second-order valence-corrected chi connectivity index (χ2v) is 4.21. The molecular formula is C9H20N2. The summed E-state index contributed by atoms with van der Waals surface area (Å²) in [7, 11) is 2.18. The van der Waals surface area contributed by atoms with E-state index in [1.807, 2.05) is 0 Å². The van der Waals surface area contributed by atoms with E-state index in [1.54, 1.807) is 0 Å². The largest absolute Gasteiger partial charge is 0.330 e. The van der Waals surface area contributed by atoms with Crippen LogP contribution < -0.4 is 5.73 Å². The Kier molecular flexibility index (Phi) is 2.55. The quantitative estimate of drug-likeness (QED) is 0.644. The molecule has 11 heavy (non-hydrogen) atoms. The van der Waals surface area contributed by atoms with Crippen molar-refractivity contribution in [2.45, 2.75) is 20.3 Å². The molecule has 0 spiro atoms. The lowest BCUT2D eigenvalue weighted by Gasteiger charge is -2.31. The molecule has 1 fully saturated rings. The van der Waals surface area contributed by atoms with Gasteiger partial charge in [-0.05, 0) is 37.9 Å². The monoisotopic (exact) mass is 156 g/mol. The average Bonchev–Trinajstić information content (AvgIpc) is 2.33. The molecule has 0 bridgehead atoms. The molecule has 0 amide bonds. The number of likely N-dealkylation sites (tertiary alicyclic amines) is 1. The Hall–Kier alpha value is -0.0800. The highest BCUT2D eigenvalue weighted by Gasteiger charge is 2.37. The lowest BCUT2D eigenvalue weighted by molar-refractivity contribution is 0.205. The maximum atomic E-state index is 5.81. The molecule has 1 aliphatic heterocycles. The Morgan fingerprint density at radius 2 is 2.18 bits per heavy atom. The first-order valence-corrected chi connectivity index (χ1v) is 4.49. The zero-order valence-corrected chi connectivity index (χ0v) is 7.93. The second-order valence-electron chi connectivity index (χ2n) is 4.21. The summed E-state index contributed by atoms with van der Waals surface area (Å²) in [5, 5.41) is 0. The molecule has 1 saturated heterocycles. The first-order chi connectivity index (χ1) is 5.10. The molecule has 0 aromatic heterocycles. The van der Waals surface area contributed by atoms with Crippen LogP contribution in [-0.2, 0) is 0 Å². The van der Waals surface area contributed by atoms with Crippen LogP contribution in [0, 0.1) is 11.3 Å². The first-order valence-electron chi connectivity index (χ1n) is 4.49. The molecule has 2 heteroatoms. The molecule has 1 atom stereocenters. The maximum absolute atomic E-state index is 5.81. The third-order valence-corrected chi connectivity index (χ3v) is 3.21. The van der Waals surface area contributed by atoms with E-state index in [1.165, 1.54) is 19.5 Å². The summed E-state index contributed by atoms with van der Waals surface area (Å²) < 4.78 is 0. The van der Waals surface area contributed by atoms with E-state index < -0.39 is 0 Å². The summed E-state index contributed by atoms with van der Waals surface area (Å²) in [6.45, 7) is 7.81. The van der Waals surface area contributed by atoms with Gasteiger partial charge in [0.05, 0.1) is 0 Å². The van der Waals surface area contributed by atoms with Crippen molar-refractivity contribution in [1.82, 2.24) is 4.90 Å². The van der Waals surface area contributed by atoms with Gasteiger partial charge < -0.3 is 10.6 Å². The van der Waals surface area contributed by atoms with Gasteiger partial charge in [-0.2, -0.15) is 0 Å². The number of hydrogen-bond acceptors (Lipinski definition) is 2. The Balaban J connectivity index is 2.62. The van der Waals surface area contributed by atoms with E-state index in [-0.39, 0.29) is 0 Å². The third-order valence-electron chi connectivity index (χ3n) is 3.21. The average molecular weight is 156 g/mol. The SMILES string of the molecule is CC(C)C1(CN)CCN(C)C1. The minimum Gasteiger partial charge on any atom is -0.330 e. The molecule has 0 aliphatic carbocycles. The minimum absolute atomic E-state index is 0.411. The lowest BCUT2D eigenvalue weighted by atomic mass is 9.76. The number of nitrogens with zero attached hydrogens (tertiary/aromatic N) is 1. The zero-order valence-electron chi connectivity index (χ0n) is 7.93. The third kappa shape index (κ3) is 1.57. The van der Waals surface area contributed by atoms with Gasteiger partial charge in [0.15, 0.2) is 0 Å². The summed E-state index contributed by atoms with van der Waals surface area (Å²) in [5.74, 6) is 0.720. The summed E-state index contributed by atoms with van der Waals surface area (Å²) in [4.78, 5) is 2.38. The standard InChI is InChI=1S/C9H20N2/c1-8(2)9(6-10)4-5-11(3)7-9/h8H,4-7,10H2,1-3H3. The van der Waals surface area contributed by atoms with Crippen LogP contribution >= 0.6 is 0 Å². The van der Waals surface area contributed by atoms with Crippen LogP contribution in [0.15, 0.2) is 0 Å². The van der Waals surface area contributed by atoms with Crippen LogP contribution in [0.2, 0.25) is 0 Å². The van der Waals surface area contributed by atoms with Gasteiger partial charge in [-0.25, -0.2) is 0 Å². The van der Waals surface area contributed by atoms with E-state index in [0.29, 0.717) is 5.41 Å². The van der Waals surface area contributed by atoms with Gasteiger partial charge in [0.1, 0.15) is 0 Å². The van der Waals surface area contributed by atoms with Crippen molar-refractivity contribution in [1.29, 1.82) is 0 Å². The molecule has 2 nitrogen and oxygen atoms in total. The Morgan fingerprint density at radius 3 is 2.36 bits per heavy atom. The van der Waals surface area contributed by atoms with Crippen molar-refractivity contribution < 1.29 is 0 Å². The fourth-order valence-corrected chi connectivity index (χ4v) is 1.98. The van der Waals surface area contributed by atoms with Crippen molar-refractivity contribution in [2.75, 3.05) is 26.7 Å². The summed E-state index contributed by atoms with van der Waals surface area (Å²) >= 11 is 0. The van der Waals surface area contributed by atoms with E-state index in [0.717, 1.165) is 12.5 Å². The molecule has 1 unspecified atom stereocenters. The normalized spacial score (nSPS) is 33.5. The smallest absolute Gasteiger partial charge is 0.00500 e. The van der Waals surface area contributed by atoms with Crippen LogP contribution in [0.5, 0.6) is 0 Å². The molecule has 0 radical (unpaired) electrons. The van der Waals surface area contributed by atoms with Crippen molar-refractivity contribution in [3.63, 3.8) is 0 Å². The van der Waals surface area contributed by atoms with Crippen molar-refractivity contribution >= 4 is 0 Å². The number of hydrogen-bond donors (Lipinski definition) is 1. The number of nitrogens with two attached hydrogens (primary N) is 1. The van der Waals surface area contributed by atoms with Gasteiger partial charge in [0.2, 0.25) is 0 Å². The second kappa shape index (κ2) is 3.11. The van der Waals surface area contributed by atoms with E-state index in [2.05, 4.69) is 25.8 Å². The highest BCUT2D eigenvalue weighted by molar-refractivity contribution is 4.91. The van der Waals surface area contributed by atoms with E-state index in [9.17, 15) is 0 Å². The van der Waals surface area contributed by atoms with Gasteiger partial charge in [0, 0.05) is 6.54 Å². The van der Waals surface area contributed by atoms with Crippen molar-refractivity contribution in [3.8, 4) is 0 Å².